The van der Waals surface area contributed by atoms with Crippen molar-refractivity contribution in [2.45, 2.75) is 13.0 Å². The van der Waals surface area contributed by atoms with Gasteiger partial charge in [0.05, 0.1) is 0 Å². The maximum Gasteiger partial charge on any atom is 0.317 e. The summed E-state index contributed by atoms with van der Waals surface area (Å²) in [7, 11) is 6.92. The molecule has 7 heteroatoms. The van der Waals surface area contributed by atoms with Gasteiger partial charge in [-0.2, -0.15) is 0 Å². The average Bonchev–Trinajstić information content (AvgIpc) is 2.89. The molecule has 1 aliphatic heterocycles. The van der Waals surface area contributed by atoms with Crippen molar-refractivity contribution in [1.82, 2.24) is 20.0 Å². The molecule has 2 rings (SSSR count). The summed E-state index contributed by atoms with van der Waals surface area (Å²) in [6.07, 6.45) is 0.489. The van der Waals surface area contributed by atoms with E-state index in [1.54, 1.807) is 50.1 Å². The van der Waals surface area contributed by atoms with Crippen LogP contribution in [0.25, 0.3) is 0 Å². The Bertz CT molecular complexity index is 659. The third-order valence-electron chi connectivity index (χ3n) is 4.32. The molecule has 4 amide bonds. The first-order valence-electron chi connectivity index (χ1n) is 8.31. The number of benzene rings is 1. The fourth-order valence-corrected chi connectivity index (χ4v) is 2.93. The molecule has 1 heterocycles. The fraction of sp³-hybridized carbons (Fsp3) is 0.500. The normalized spacial score (nSPS) is 16.7. The third-order valence-corrected chi connectivity index (χ3v) is 4.32. The molecule has 1 N–H and O–H groups in total. The fourth-order valence-electron chi connectivity index (χ4n) is 2.93. The van der Waals surface area contributed by atoms with Gasteiger partial charge >= 0.3 is 6.03 Å². The summed E-state index contributed by atoms with van der Waals surface area (Å²) in [6, 6.07) is 7.03. The molecule has 1 fully saturated rings. The van der Waals surface area contributed by atoms with Gasteiger partial charge in [-0.15, -0.1) is 0 Å². The Balaban J connectivity index is 1.86. The summed E-state index contributed by atoms with van der Waals surface area (Å²) in [6.45, 7) is 1.58. The Morgan fingerprint density at radius 3 is 2.60 bits per heavy atom. The van der Waals surface area contributed by atoms with Crippen LogP contribution in [0.4, 0.5) is 4.79 Å². The lowest BCUT2D eigenvalue weighted by Crippen LogP contribution is -2.40. The molecule has 0 saturated carbocycles. The van der Waals surface area contributed by atoms with Gasteiger partial charge < -0.3 is 20.0 Å². The van der Waals surface area contributed by atoms with Crippen molar-refractivity contribution in [1.29, 1.82) is 0 Å². The minimum atomic E-state index is -0.189. The van der Waals surface area contributed by atoms with Crippen LogP contribution in [0.1, 0.15) is 22.3 Å². The first kappa shape index (κ1) is 18.8. The van der Waals surface area contributed by atoms with Gasteiger partial charge in [0.25, 0.3) is 5.91 Å². The molecule has 1 aromatic rings. The summed E-state index contributed by atoms with van der Waals surface area (Å²) >= 11 is 0. The van der Waals surface area contributed by atoms with Gasteiger partial charge in [0.1, 0.15) is 0 Å². The molecule has 7 nitrogen and oxygen atoms in total. The monoisotopic (exact) mass is 346 g/mol. The van der Waals surface area contributed by atoms with Crippen LogP contribution in [-0.2, 0) is 11.3 Å². The summed E-state index contributed by atoms with van der Waals surface area (Å²) in [5, 5.41) is 2.85. The highest BCUT2D eigenvalue weighted by molar-refractivity contribution is 5.94. The van der Waals surface area contributed by atoms with Gasteiger partial charge in [-0.25, -0.2) is 4.79 Å². The van der Waals surface area contributed by atoms with Crippen LogP contribution >= 0.6 is 0 Å². The predicted octanol–water partition coefficient (Wildman–Crippen LogP) is 1.01. The third kappa shape index (κ3) is 4.95. The number of hydrogen-bond donors (Lipinski definition) is 1. The second-order valence-electron chi connectivity index (χ2n) is 6.78. The highest BCUT2D eigenvalue weighted by atomic mass is 16.2. The Hall–Kier alpha value is -2.57. The average molecular weight is 346 g/mol. The quantitative estimate of drug-likeness (QED) is 0.865. The minimum Gasteiger partial charge on any atom is -0.345 e. The minimum absolute atomic E-state index is 0.0692. The lowest BCUT2D eigenvalue weighted by molar-refractivity contribution is -0.126. The maximum absolute atomic E-state index is 12.2. The van der Waals surface area contributed by atoms with Gasteiger partial charge in [-0.1, -0.05) is 12.1 Å². The molecule has 25 heavy (non-hydrogen) atoms. The Labute approximate surface area is 148 Å². The maximum atomic E-state index is 12.2. The van der Waals surface area contributed by atoms with E-state index in [0.717, 1.165) is 5.56 Å². The number of urea groups is 1. The number of rotatable bonds is 5. The second-order valence-corrected chi connectivity index (χ2v) is 6.78. The number of nitrogens with zero attached hydrogens (tertiary/aromatic N) is 3. The molecule has 1 aromatic carbocycles. The van der Waals surface area contributed by atoms with Crippen LogP contribution in [-0.4, -0.2) is 73.8 Å². The van der Waals surface area contributed by atoms with Crippen LogP contribution in [0, 0.1) is 5.92 Å². The van der Waals surface area contributed by atoms with Crippen molar-refractivity contribution in [2.75, 3.05) is 41.3 Å². The van der Waals surface area contributed by atoms with Gasteiger partial charge in [0.15, 0.2) is 0 Å². The molecule has 0 aromatic heterocycles. The van der Waals surface area contributed by atoms with Crippen molar-refractivity contribution >= 4 is 17.8 Å². The van der Waals surface area contributed by atoms with E-state index >= 15 is 0 Å². The Morgan fingerprint density at radius 2 is 2.00 bits per heavy atom. The SMILES string of the molecule is CN(C)C(=O)c1cccc(CNC(=O)N(C)C[C@H]2CC(=O)N(C)C2)c1. The van der Waals surface area contributed by atoms with Crippen LogP contribution in [0.3, 0.4) is 0 Å². The molecular formula is C18H26N4O3. The first-order chi connectivity index (χ1) is 11.8. The molecule has 136 valence electrons. The Morgan fingerprint density at radius 1 is 1.28 bits per heavy atom. The van der Waals surface area contributed by atoms with E-state index in [4.69, 9.17) is 0 Å². The number of amides is 4. The van der Waals surface area contributed by atoms with E-state index in [1.165, 1.54) is 4.90 Å². The zero-order valence-electron chi connectivity index (χ0n) is 15.3. The van der Waals surface area contributed by atoms with E-state index in [0.29, 0.717) is 31.6 Å². The lowest BCUT2D eigenvalue weighted by atomic mass is 10.1. The highest BCUT2D eigenvalue weighted by Crippen LogP contribution is 2.16. The molecule has 0 bridgehead atoms. The highest BCUT2D eigenvalue weighted by Gasteiger charge is 2.28. The molecule has 0 radical (unpaired) electrons. The zero-order valence-corrected chi connectivity index (χ0v) is 15.3. The summed E-state index contributed by atoms with van der Waals surface area (Å²) in [5.74, 6) is 0.232. The molecule has 1 aliphatic rings. The summed E-state index contributed by atoms with van der Waals surface area (Å²) in [5.41, 5.74) is 1.46. The molecule has 1 saturated heterocycles. The summed E-state index contributed by atoms with van der Waals surface area (Å²) in [4.78, 5) is 40.6. The van der Waals surface area contributed by atoms with Gasteiger partial charge in [-0.3, -0.25) is 9.59 Å². The van der Waals surface area contributed by atoms with E-state index in [-0.39, 0.29) is 23.8 Å². The van der Waals surface area contributed by atoms with E-state index in [2.05, 4.69) is 5.32 Å². The summed E-state index contributed by atoms with van der Waals surface area (Å²) < 4.78 is 0. The molecular weight excluding hydrogens is 320 g/mol. The van der Waals surface area contributed by atoms with Gasteiger partial charge in [0, 0.05) is 65.7 Å². The van der Waals surface area contributed by atoms with Crippen LogP contribution in [0.5, 0.6) is 0 Å². The molecule has 0 aliphatic carbocycles. The first-order valence-corrected chi connectivity index (χ1v) is 8.31. The van der Waals surface area contributed by atoms with E-state index < -0.39 is 0 Å². The Kier molecular flexibility index (Phi) is 6.01. The van der Waals surface area contributed by atoms with Gasteiger partial charge in [0.2, 0.25) is 5.91 Å². The smallest absolute Gasteiger partial charge is 0.317 e. The topological polar surface area (TPSA) is 73.0 Å². The van der Waals surface area contributed by atoms with Crippen molar-refractivity contribution in [3.8, 4) is 0 Å². The van der Waals surface area contributed by atoms with E-state index in [9.17, 15) is 14.4 Å². The molecule has 1 atom stereocenters. The predicted molar refractivity (Wildman–Crippen MR) is 95.1 cm³/mol. The number of nitrogens with one attached hydrogen (secondary N) is 1. The number of carbonyl (C=O) groups is 3. The largest absolute Gasteiger partial charge is 0.345 e. The zero-order chi connectivity index (χ0) is 18.6. The van der Waals surface area contributed by atoms with Crippen molar-refractivity contribution < 1.29 is 14.4 Å². The molecule has 0 unspecified atom stereocenters. The van der Waals surface area contributed by atoms with Gasteiger partial charge in [-0.05, 0) is 17.7 Å². The number of likely N-dealkylation sites (tertiary alicyclic amines) is 1. The van der Waals surface area contributed by atoms with E-state index in [1.807, 2.05) is 12.1 Å². The van der Waals surface area contributed by atoms with Crippen molar-refractivity contribution in [2.24, 2.45) is 5.92 Å². The van der Waals surface area contributed by atoms with Crippen molar-refractivity contribution in [3.63, 3.8) is 0 Å². The molecule has 0 spiro atoms. The van der Waals surface area contributed by atoms with Crippen molar-refractivity contribution in [3.05, 3.63) is 35.4 Å². The van der Waals surface area contributed by atoms with Crippen LogP contribution < -0.4 is 5.32 Å². The van der Waals surface area contributed by atoms with Crippen LogP contribution in [0.2, 0.25) is 0 Å². The number of carbonyl (C=O) groups excluding carboxylic acids is 3. The lowest BCUT2D eigenvalue weighted by Gasteiger charge is -2.21. The standard InChI is InChI=1S/C18H26N4O3/c1-20(2)17(24)15-7-5-6-13(8-15)10-19-18(25)22(4)12-14-9-16(23)21(3)11-14/h5-8,14H,9-12H2,1-4H3,(H,19,25)/t14-/m0/s1. The number of hydrogen-bond acceptors (Lipinski definition) is 3. The van der Waals surface area contributed by atoms with Crippen LogP contribution in [0.15, 0.2) is 24.3 Å². The second kappa shape index (κ2) is 8.00.